The Labute approximate surface area is 204 Å². The van der Waals surface area contributed by atoms with Crippen molar-refractivity contribution in [2.45, 2.75) is 98.2 Å². The summed E-state index contributed by atoms with van der Waals surface area (Å²) in [6, 6.07) is 0. The first-order valence-electron chi connectivity index (χ1n) is 12.2. The zero-order valence-electron chi connectivity index (χ0n) is 22.0. The Kier molecular flexibility index (Phi) is 12.8. The van der Waals surface area contributed by atoms with Crippen LogP contribution in [0.3, 0.4) is 0 Å². The summed E-state index contributed by atoms with van der Waals surface area (Å²) in [5.41, 5.74) is 1.89. The van der Waals surface area contributed by atoms with E-state index in [2.05, 4.69) is 6.92 Å². The Bertz CT molecular complexity index is 754. The van der Waals surface area contributed by atoms with Crippen LogP contribution in [0.15, 0.2) is 35.5 Å². The molecule has 0 radical (unpaired) electrons. The van der Waals surface area contributed by atoms with E-state index in [9.17, 15) is 14.7 Å². The molecule has 1 aliphatic rings. The van der Waals surface area contributed by atoms with E-state index in [1.165, 1.54) is 6.92 Å². The highest BCUT2D eigenvalue weighted by molar-refractivity contribution is 5.67. The number of carboxylic acid groups (broad SMARTS) is 1. The van der Waals surface area contributed by atoms with E-state index in [0.717, 1.165) is 24.0 Å². The van der Waals surface area contributed by atoms with E-state index < -0.39 is 24.3 Å². The maximum Gasteiger partial charge on any atom is 0.305 e. The van der Waals surface area contributed by atoms with Gasteiger partial charge >= 0.3 is 11.9 Å². The third-order valence-electron chi connectivity index (χ3n) is 6.52. The molecule has 1 heterocycles. The summed E-state index contributed by atoms with van der Waals surface area (Å²) >= 11 is 0. The van der Waals surface area contributed by atoms with Gasteiger partial charge < -0.3 is 24.4 Å². The Hall–Kier alpha value is -1.96. The zero-order chi connectivity index (χ0) is 26.0. The monoisotopic (exact) mass is 480 g/mol. The van der Waals surface area contributed by atoms with E-state index >= 15 is 0 Å². The van der Waals surface area contributed by atoms with Crippen molar-refractivity contribution in [1.82, 2.24) is 0 Å². The number of aliphatic hydroxyl groups is 1. The van der Waals surface area contributed by atoms with Gasteiger partial charge in [0.05, 0.1) is 30.8 Å². The summed E-state index contributed by atoms with van der Waals surface area (Å²) in [5.74, 6) is -1.05. The van der Waals surface area contributed by atoms with Crippen LogP contribution in [0.5, 0.6) is 0 Å². The molecule has 1 fully saturated rings. The molecule has 0 saturated carbocycles. The van der Waals surface area contributed by atoms with Gasteiger partial charge in [0, 0.05) is 20.0 Å². The number of carboxylic acids is 1. The summed E-state index contributed by atoms with van der Waals surface area (Å²) in [7, 11) is 1.55. The number of methoxy groups -OCH3 is 1. The van der Waals surface area contributed by atoms with Gasteiger partial charge in [-0.1, -0.05) is 45.1 Å². The van der Waals surface area contributed by atoms with Crippen LogP contribution in [-0.2, 0) is 23.8 Å². The van der Waals surface area contributed by atoms with Crippen molar-refractivity contribution in [3.8, 4) is 0 Å². The summed E-state index contributed by atoms with van der Waals surface area (Å²) < 4.78 is 16.8. The molecule has 1 saturated heterocycles. The highest BCUT2D eigenvalue weighted by Gasteiger charge is 2.32. The molecule has 1 aliphatic heterocycles. The molecule has 1 rings (SSSR count). The fourth-order valence-corrected chi connectivity index (χ4v) is 4.71. The molecule has 7 heteroatoms. The predicted molar refractivity (Wildman–Crippen MR) is 132 cm³/mol. The van der Waals surface area contributed by atoms with Crippen LogP contribution in [0.1, 0.15) is 67.7 Å². The van der Waals surface area contributed by atoms with E-state index in [1.54, 1.807) is 14.0 Å². The molecular weight excluding hydrogens is 436 g/mol. The lowest BCUT2D eigenvalue weighted by atomic mass is 9.88. The third-order valence-corrected chi connectivity index (χ3v) is 6.52. The number of ether oxygens (including phenoxy) is 3. The van der Waals surface area contributed by atoms with Crippen LogP contribution < -0.4 is 0 Å². The molecule has 34 heavy (non-hydrogen) atoms. The number of carbonyl (C=O) groups excluding carboxylic acids is 1. The zero-order valence-corrected chi connectivity index (χ0v) is 22.0. The largest absolute Gasteiger partial charge is 0.481 e. The van der Waals surface area contributed by atoms with Gasteiger partial charge in [0.1, 0.15) is 6.10 Å². The van der Waals surface area contributed by atoms with Crippen LogP contribution in [0.4, 0.5) is 0 Å². The first kappa shape index (κ1) is 30.1. The van der Waals surface area contributed by atoms with Crippen molar-refractivity contribution < 1.29 is 34.0 Å². The van der Waals surface area contributed by atoms with Crippen molar-refractivity contribution in [1.29, 1.82) is 0 Å². The van der Waals surface area contributed by atoms with Crippen molar-refractivity contribution in [3.63, 3.8) is 0 Å². The average Bonchev–Trinajstić information content (AvgIpc) is 2.73. The van der Waals surface area contributed by atoms with Gasteiger partial charge in [-0.25, -0.2) is 0 Å². The molecule has 0 amide bonds. The van der Waals surface area contributed by atoms with Crippen LogP contribution >= 0.6 is 0 Å². The second kappa shape index (κ2) is 14.4. The molecule has 0 spiro atoms. The fraction of sp³-hybridized carbons (Fsp3) is 0.704. The molecule has 0 aromatic heterocycles. The van der Waals surface area contributed by atoms with Crippen LogP contribution in [0.25, 0.3) is 0 Å². The van der Waals surface area contributed by atoms with Gasteiger partial charge in [-0.2, -0.15) is 0 Å². The van der Waals surface area contributed by atoms with Crippen molar-refractivity contribution in [2.75, 3.05) is 7.11 Å². The number of hydrogen-bond acceptors (Lipinski definition) is 6. The fourth-order valence-electron chi connectivity index (χ4n) is 4.71. The van der Waals surface area contributed by atoms with Crippen LogP contribution in [-0.4, -0.2) is 59.8 Å². The van der Waals surface area contributed by atoms with Crippen molar-refractivity contribution in [3.05, 3.63) is 35.5 Å². The number of allylic oxidation sites excluding steroid dienone is 4. The molecule has 194 valence electrons. The minimum Gasteiger partial charge on any atom is -0.481 e. The van der Waals surface area contributed by atoms with Crippen molar-refractivity contribution in [2.24, 2.45) is 17.8 Å². The van der Waals surface area contributed by atoms with Crippen molar-refractivity contribution >= 4 is 11.9 Å². The lowest BCUT2D eigenvalue weighted by Gasteiger charge is -2.35. The minimum atomic E-state index is -0.829. The first-order chi connectivity index (χ1) is 15.9. The number of hydrogen-bond donors (Lipinski definition) is 2. The number of aliphatic carboxylic acids is 1. The molecule has 0 bridgehead atoms. The number of carbonyl (C=O) groups is 2. The number of esters is 1. The summed E-state index contributed by atoms with van der Waals surface area (Å²) in [5, 5.41) is 19.9. The van der Waals surface area contributed by atoms with Crippen LogP contribution in [0.2, 0.25) is 0 Å². The highest BCUT2D eigenvalue weighted by Crippen LogP contribution is 2.30. The second-order valence-electron chi connectivity index (χ2n) is 9.72. The maximum absolute atomic E-state index is 11.3. The van der Waals surface area contributed by atoms with E-state index in [0.29, 0.717) is 5.92 Å². The van der Waals surface area contributed by atoms with E-state index in [1.807, 2.05) is 52.0 Å². The van der Waals surface area contributed by atoms with E-state index in [-0.39, 0.29) is 36.4 Å². The highest BCUT2D eigenvalue weighted by atomic mass is 16.6. The Morgan fingerprint density at radius 3 is 2.35 bits per heavy atom. The number of rotatable bonds is 12. The Balaban J connectivity index is 2.78. The molecule has 0 aliphatic carbocycles. The summed E-state index contributed by atoms with van der Waals surface area (Å²) in [6.45, 7) is 13.1. The summed E-state index contributed by atoms with van der Waals surface area (Å²) in [4.78, 5) is 22.3. The second-order valence-corrected chi connectivity index (χ2v) is 9.72. The normalized spacial score (nSPS) is 26.6. The lowest BCUT2D eigenvalue weighted by Crippen LogP contribution is -2.40. The standard InChI is InChI=1S/C27H44O7/c1-16(14-19(4)25(31)20(5)27(32-8)21(6)33-22(7)28)10-9-11-17(2)26-18(3)12-13-23(34-26)15-24(29)30/h9-11,14,16,18,20-21,23,25-27,31H,12-13,15H2,1-8H3,(H,29,30)/b10-9+,17-11+,19-14+/t16?,18-,20?,21?,23+,25-,26+,27?/m0/s1. The van der Waals surface area contributed by atoms with Crippen LogP contribution in [0, 0.1) is 17.8 Å². The molecule has 8 atom stereocenters. The number of aliphatic hydroxyl groups excluding tert-OH is 1. The molecule has 7 nitrogen and oxygen atoms in total. The van der Waals surface area contributed by atoms with Gasteiger partial charge in [0.15, 0.2) is 0 Å². The lowest BCUT2D eigenvalue weighted by molar-refractivity contribution is -0.156. The molecule has 0 aromatic rings. The SMILES string of the molecule is COC(C(C)OC(C)=O)C(C)[C@@H](O)/C(C)=C/C(C)/C=C/C=C(\C)[C@H]1O[C@@H](CC(=O)O)CC[C@@H]1C. The topological polar surface area (TPSA) is 102 Å². The smallest absolute Gasteiger partial charge is 0.305 e. The van der Waals surface area contributed by atoms with E-state index in [4.69, 9.17) is 19.3 Å². The van der Waals surface area contributed by atoms with Gasteiger partial charge in [0.25, 0.3) is 0 Å². The third kappa shape index (κ3) is 9.72. The van der Waals surface area contributed by atoms with Gasteiger partial charge in [-0.15, -0.1) is 0 Å². The first-order valence-corrected chi connectivity index (χ1v) is 12.2. The maximum atomic E-state index is 11.3. The molecular formula is C27H44O7. The van der Waals surface area contributed by atoms with Gasteiger partial charge in [-0.05, 0) is 56.6 Å². The Morgan fingerprint density at radius 2 is 1.79 bits per heavy atom. The molecule has 0 aromatic carbocycles. The molecule has 4 unspecified atom stereocenters. The van der Waals surface area contributed by atoms with Gasteiger partial charge in [0.2, 0.25) is 0 Å². The Morgan fingerprint density at radius 1 is 1.15 bits per heavy atom. The minimum absolute atomic E-state index is 0.0395. The quantitative estimate of drug-likeness (QED) is 0.237. The van der Waals surface area contributed by atoms with Gasteiger partial charge in [-0.3, -0.25) is 9.59 Å². The summed E-state index contributed by atoms with van der Waals surface area (Å²) in [6.07, 6.45) is 7.86. The predicted octanol–water partition coefficient (Wildman–Crippen LogP) is 4.69. The average molecular weight is 481 g/mol. The molecule has 2 N–H and O–H groups in total.